The number of carbonyl (C=O) groups excluding carboxylic acids is 2. The van der Waals surface area contributed by atoms with Crippen LogP contribution in [0.1, 0.15) is 32.3 Å². The number of sulfonamides is 1. The number of carbonyl (C=O) groups is 2. The van der Waals surface area contributed by atoms with Crippen LogP contribution in [0.5, 0.6) is 0 Å². The van der Waals surface area contributed by atoms with Crippen molar-refractivity contribution < 1.29 is 26.8 Å². The van der Waals surface area contributed by atoms with E-state index in [1.807, 2.05) is 6.92 Å². The first-order valence-corrected chi connectivity index (χ1v) is 13.4. The van der Waals surface area contributed by atoms with E-state index >= 15 is 0 Å². The summed E-state index contributed by atoms with van der Waals surface area (Å²) < 4.78 is 52.8. The van der Waals surface area contributed by atoms with Crippen LogP contribution in [0.2, 0.25) is 10.0 Å². The maximum atomic E-state index is 13.8. The molecule has 0 spiro atoms. The molecule has 1 N–H and O–H groups in total. The monoisotopic (exact) mass is 549 g/mol. The molecule has 0 fully saturated rings. The Labute approximate surface area is 214 Å². The lowest BCUT2D eigenvalue weighted by molar-refractivity contribution is -0.140. The molecular weight excluding hydrogens is 523 g/mol. The van der Waals surface area contributed by atoms with Gasteiger partial charge in [0.25, 0.3) is 0 Å². The quantitative estimate of drug-likeness (QED) is 0.450. The second-order valence-corrected chi connectivity index (χ2v) is 10.6. The van der Waals surface area contributed by atoms with Gasteiger partial charge in [-0.3, -0.25) is 13.9 Å². The number of rotatable bonds is 11. The van der Waals surface area contributed by atoms with Crippen LogP contribution in [-0.4, -0.2) is 50.5 Å². The Morgan fingerprint density at radius 1 is 1.03 bits per heavy atom. The zero-order valence-electron chi connectivity index (χ0n) is 19.5. The summed E-state index contributed by atoms with van der Waals surface area (Å²) >= 11 is 12.1. The molecular formula is C23H27Cl2F2N3O4S. The highest BCUT2D eigenvalue weighted by Gasteiger charge is 2.32. The van der Waals surface area contributed by atoms with Crippen LogP contribution >= 0.6 is 23.2 Å². The number of hydrogen-bond donors (Lipinski definition) is 1. The number of hydrogen-bond acceptors (Lipinski definition) is 4. The lowest BCUT2D eigenvalue weighted by Crippen LogP contribution is -2.52. The molecule has 7 nitrogen and oxygen atoms in total. The normalized spacial score (nSPS) is 12.2. The molecule has 0 saturated heterocycles. The van der Waals surface area contributed by atoms with E-state index in [0.717, 1.165) is 18.4 Å². The maximum Gasteiger partial charge on any atom is 0.244 e. The van der Waals surface area contributed by atoms with Gasteiger partial charge in [0, 0.05) is 19.2 Å². The molecule has 2 amide bonds. The van der Waals surface area contributed by atoms with Crippen molar-refractivity contribution in [1.82, 2.24) is 10.2 Å². The highest BCUT2D eigenvalue weighted by atomic mass is 35.5. The van der Waals surface area contributed by atoms with Crippen LogP contribution in [0.3, 0.4) is 0 Å². The molecule has 2 rings (SSSR count). The SMILES string of the molecule is CCCNC(=O)[C@H](CC)N(Cc1ccc(Cl)c(Cl)c1)C(=O)CN(c1ccc(F)c(F)c1)S(C)(=O)=O. The first-order chi connectivity index (χ1) is 16.4. The van der Waals surface area contributed by atoms with Gasteiger partial charge in [0.15, 0.2) is 11.6 Å². The Bertz CT molecular complexity index is 1180. The van der Waals surface area contributed by atoms with Crippen molar-refractivity contribution in [3.05, 3.63) is 63.6 Å². The first kappa shape index (κ1) is 28.8. The molecule has 12 heteroatoms. The number of anilines is 1. The second-order valence-electron chi connectivity index (χ2n) is 7.85. The fraction of sp³-hybridized carbons (Fsp3) is 0.391. The zero-order chi connectivity index (χ0) is 26.3. The second kappa shape index (κ2) is 12.5. The number of nitrogens with zero attached hydrogens (tertiary/aromatic N) is 2. The molecule has 1 atom stereocenters. The standard InChI is InChI=1S/C23H27Cl2F2N3O4S/c1-4-10-28-23(32)21(5-2)29(13-15-6-8-17(24)18(25)11-15)22(31)14-30(35(3,33)34)16-7-9-19(26)20(27)12-16/h6-9,11-12,21H,4-5,10,13-14H2,1-3H3,(H,28,32)/t21-/m0/s1. The fourth-order valence-corrected chi connectivity index (χ4v) is 4.54. The number of halogens is 4. The van der Waals surface area contributed by atoms with Crippen LogP contribution in [0.15, 0.2) is 36.4 Å². The Morgan fingerprint density at radius 2 is 1.71 bits per heavy atom. The van der Waals surface area contributed by atoms with Crippen LogP contribution < -0.4 is 9.62 Å². The third-order valence-corrected chi connectivity index (χ3v) is 7.02. The van der Waals surface area contributed by atoms with Gasteiger partial charge in [-0.2, -0.15) is 0 Å². The number of nitrogens with one attached hydrogen (secondary N) is 1. The van der Waals surface area contributed by atoms with Crippen molar-refractivity contribution in [3.8, 4) is 0 Å². The predicted molar refractivity (Wildman–Crippen MR) is 133 cm³/mol. The zero-order valence-corrected chi connectivity index (χ0v) is 21.9. The van der Waals surface area contributed by atoms with Crippen LogP contribution in [0.4, 0.5) is 14.5 Å². The minimum atomic E-state index is -4.07. The molecule has 192 valence electrons. The van der Waals surface area contributed by atoms with Gasteiger partial charge in [-0.1, -0.05) is 43.1 Å². The van der Waals surface area contributed by atoms with Gasteiger partial charge >= 0.3 is 0 Å². The Morgan fingerprint density at radius 3 is 2.26 bits per heavy atom. The summed E-state index contributed by atoms with van der Waals surface area (Å²) in [4.78, 5) is 27.6. The smallest absolute Gasteiger partial charge is 0.244 e. The van der Waals surface area contributed by atoms with Crippen molar-refractivity contribution in [3.63, 3.8) is 0 Å². The number of benzene rings is 2. The molecule has 0 unspecified atom stereocenters. The third-order valence-electron chi connectivity index (χ3n) is 5.14. The van der Waals surface area contributed by atoms with Gasteiger partial charge in [-0.15, -0.1) is 0 Å². The van der Waals surface area contributed by atoms with Gasteiger partial charge in [0.1, 0.15) is 12.6 Å². The first-order valence-electron chi connectivity index (χ1n) is 10.8. The van der Waals surface area contributed by atoms with Crippen molar-refractivity contribution in [2.45, 2.75) is 39.3 Å². The summed E-state index contributed by atoms with van der Waals surface area (Å²) in [6.07, 6.45) is 1.77. The highest BCUT2D eigenvalue weighted by molar-refractivity contribution is 7.92. The molecule has 2 aromatic carbocycles. The minimum Gasteiger partial charge on any atom is -0.354 e. The van der Waals surface area contributed by atoms with Crippen LogP contribution in [0.25, 0.3) is 0 Å². The topological polar surface area (TPSA) is 86.8 Å². The van der Waals surface area contributed by atoms with E-state index in [9.17, 15) is 26.8 Å². The Balaban J connectivity index is 2.46. The minimum absolute atomic E-state index is 0.0663. The average molecular weight is 550 g/mol. The van der Waals surface area contributed by atoms with Gasteiger partial charge in [-0.25, -0.2) is 17.2 Å². The highest BCUT2D eigenvalue weighted by Crippen LogP contribution is 2.25. The van der Waals surface area contributed by atoms with E-state index in [0.29, 0.717) is 33.9 Å². The molecule has 0 aromatic heterocycles. The van der Waals surface area contributed by atoms with Gasteiger partial charge in [0.2, 0.25) is 21.8 Å². The van der Waals surface area contributed by atoms with E-state index < -0.39 is 46.1 Å². The van der Waals surface area contributed by atoms with Gasteiger partial charge < -0.3 is 10.2 Å². The lowest BCUT2D eigenvalue weighted by atomic mass is 10.1. The maximum absolute atomic E-state index is 13.8. The lowest BCUT2D eigenvalue weighted by Gasteiger charge is -2.33. The fourth-order valence-electron chi connectivity index (χ4n) is 3.37. The summed E-state index contributed by atoms with van der Waals surface area (Å²) in [5.74, 6) is -3.54. The summed E-state index contributed by atoms with van der Waals surface area (Å²) in [5, 5.41) is 3.31. The van der Waals surface area contributed by atoms with Crippen LogP contribution in [-0.2, 0) is 26.2 Å². The average Bonchev–Trinajstić information content (AvgIpc) is 2.79. The van der Waals surface area contributed by atoms with Gasteiger partial charge in [-0.05, 0) is 42.7 Å². The van der Waals surface area contributed by atoms with Crippen molar-refractivity contribution in [2.24, 2.45) is 0 Å². The predicted octanol–water partition coefficient (Wildman–Crippen LogP) is 4.37. The summed E-state index contributed by atoms with van der Waals surface area (Å²) in [6.45, 7) is 3.20. The third kappa shape index (κ3) is 7.78. The molecule has 0 aliphatic heterocycles. The van der Waals surface area contributed by atoms with Crippen molar-refractivity contribution in [1.29, 1.82) is 0 Å². The van der Waals surface area contributed by atoms with E-state index in [-0.39, 0.29) is 23.7 Å². The number of amides is 2. The van der Waals surface area contributed by atoms with E-state index in [1.165, 1.54) is 4.90 Å². The Hall–Kier alpha value is -2.43. The van der Waals surface area contributed by atoms with E-state index in [2.05, 4.69) is 5.32 Å². The molecule has 0 radical (unpaired) electrons. The molecule has 0 bridgehead atoms. The summed E-state index contributed by atoms with van der Waals surface area (Å²) in [6, 6.07) is 6.33. The largest absolute Gasteiger partial charge is 0.354 e. The van der Waals surface area contributed by atoms with Crippen molar-refractivity contribution in [2.75, 3.05) is 23.7 Å². The van der Waals surface area contributed by atoms with Crippen molar-refractivity contribution >= 4 is 50.7 Å². The van der Waals surface area contributed by atoms with Crippen LogP contribution in [0, 0.1) is 11.6 Å². The molecule has 0 heterocycles. The van der Waals surface area contributed by atoms with Gasteiger partial charge in [0.05, 0.1) is 22.0 Å². The molecule has 0 aliphatic carbocycles. The summed E-state index contributed by atoms with van der Waals surface area (Å²) in [5.41, 5.74) is 0.339. The Kier molecular flexibility index (Phi) is 10.3. The molecule has 0 aliphatic rings. The molecule has 0 saturated carbocycles. The molecule has 2 aromatic rings. The van der Waals surface area contributed by atoms with E-state index in [4.69, 9.17) is 23.2 Å². The summed E-state index contributed by atoms with van der Waals surface area (Å²) in [7, 11) is -4.07. The molecule has 35 heavy (non-hydrogen) atoms. The van der Waals surface area contributed by atoms with E-state index in [1.54, 1.807) is 25.1 Å².